The molecule has 0 fully saturated rings. The fourth-order valence-electron chi connectivity index (χ4n) is 8.46. The molecular formula is C49H30N4. The van der Waals surface area contributed by atoms with Crippen molar-refractivity contribution in [2.75, 3.05) is 0 Å². The largest absolute Gasteiger partial charge is 0.292 e. The van der Waals surface area contributed by atoms with Gasteiger partial charge >= 0.3 is 0 Å². The van der Waals surface area contributed by atoms with Crippen LogP contribution >= 0.6 is 0 Å². The van der Waals surface area contributed by atoms with E-state index < -0.39 is 0 Å². The van der Waals surface area contributed by atoms with Crippen molar-refractivity contribution in [3.05, 3.63) is 182 Å². The Labute approximate surface area is 306 Å². The molecular weight excluding hydrogens is 645 g/mol. The quantitative estimate of drug-likeness (QED) is 0.182. The molecule has 3 heterocycles. The number of imidazole rings is 1. The topological polar surface area (TPSA) is 43.6 Å². The lowest BCUT2D eigenvalue weighted by Gasteiger charge is -2.19. The number of aromatic nitrogens is 4. The number of pyridine rings is 2. The van der Waals surface area contributed by atoms with Crippen LogP contribution in [0.3, 0.4) is 0 Å². The molecule has 3 aromatic heterocycles. The van der Waals surface area contributed by atoms with Gasteiger partial charge in [-0.2, -0.15) is 0 Å². The van der Waals surface area contributed by atoms with E-state index in [0.717, 1.165) is 56.2 Å². The van der Waals surface area contributed by atoms with Gasteiger partial charge in [0, 0.05) is 45.9 Å². The first-order valence-electron chi connectivity index (χ1n) is 18.0. The fourth-order valence-corrected chi connectivity index (χ4v) is 8.46. The molecule has 0 N–H and O–H groups in total. The van der Waals surface area contributed by atoms with Crippen molar-refractivity contribution in [1.82, 2.24) is 19.5 Å². The maximum atomic E-state index is 5.11. The van der Waals surface area contributed by atoms with Crippen molar-refractivity contribution in [2.24, 2.45) is 0 Å². The van der Waals surface area contributed by atoms with Crippen LogP contribution in [0.4, 0.5) is 0 Å². The summed E-state index contributed by atoms with van der Waals surface area (Å²) >= 11 is 0. The van der Waals surface area contributed by atoms with Crippen LogP contribution < -0.4 is 0 Å². The van der Waals surface area contributed by atoms with E-state index in [0.29, 0.717) is 0 Å². The van der Waals surface area contributed by atoms with Gasteiger partial charge in [-0.1, -0.05) is 121 Å². The van der Waals surface area contributed by atoms with Crippen LogP contribution in [0.5, 0.6) is 0 Å². The van der Waals surface area contributed by atoms with Gasteiger partial charge in [0.15, 0.2) is 0 Å². The van der Waals surface area contributed by atoms with E-state index in [-0.39, 0.29) is 0 Å². The van der Waals surface area contributed by atoms with E-state index in [2.05, 4.69) is 156 Å². The van der Waals surface area contributed by atoms with Crippen molar-refractivity contribution < 1.29 is 0 Å². The molecule has 0 amide bonds. The van der Waals surface area contributed by atoms with Crippen molar-refractivity contribution in [3.63, 3.8) is 0 Å². The van der Waals surface area contributed by atoms with Crippen LogP contribution in [0.1, 0.15) is 0 Å². The van der Waals surface area contributed by atoms with E-state index in [1.807, 2.05) is 30.6 Å². The Kier molecular flexibility index (Phi) is 6.52. The molecule has 53 heavy (non-hydrogen) atoms. The van der Waals surface area contributed by atoms with E-state index in [1.165, 1.54) is 49.4 Å². The first-order chi connectivity index (χ1) is 26.3. The lowest BCUT2D eigenvalue weighted by atomic mass is 9.85. The third-order valence-electron chi connectivity index (χ3n) is 10.7. The van der Waals surface area contributed by atoms with Gasteiger partial charge in [0.2, 0.25) is 0 Å². The monoisotopic (exact) mass is 674 g/mol. The predicted octanol–water partition coefficient (Wildman–Crippen LogP) is 12.4. The summed E-state index contributed by atoms with van der Waals surface area (Å²) in [4.78, 5) is 15.0. The predicted molar refractivity (Wildman–Crippen MR) is 218 cm³/mol. The molecule has 0 aliphatic heterocycles. The van der Waals surface area contributed by atoms with Gasteiger partial charge < -0.3 is 0 Å². The van der Waals surface area contributed by atoms with Crippen molar-refractivity contribution in [3.8, 4) is 73.0 Å². The molecule has 0 unspecified atom stereocenters. The lowest BCUT2D eigenvalue weighted by Crippen LogP contribution is -1.97. The number of hydrogen-bond acceptors (Lipinski definition) is 3. The minimum absolute atomic E-state index is 0.927. The van der Waals surface area contributed by atoms with E-state index in [9.17, 15) is 0 Å². The minimum Gasteiger partial charge on any atom is -0.292 e. The summed E-state index contributed by atoms with van der Waals surface area (Å²) in [6.45, 7) is 0. The highest BCUT2D eigenvalue weighted by atomic mass is 15.1. The second kappa shape index (κ2) is 11.7. The van der Waals surface area contributed by atoms with Gasteiger partial charge in [0.25, 0.3) is 0 Å². The second-order valence-corrected chi connectivity index (χ2v) is 13.5. The highest BCUT2D eigenvalue weighted by Crippen LogP contribution is 2.58. The van der Waals surface area contributed by atoms with Gasteiger partial charge in [0.05, 0.1) is 22.4 Å². The smallest absolute Gasteiger partial charge is 0.145 e. The average molecular weight is 675 g/mol. The second-order valence-electron chi connectivity index (χ2n) is 13.5. The SMILES string of the molecule is c1ccc(-n2c(-c3ccc(-c4ccc5c6c(cccc46)-c4c-5c(-c5ccccn5)c5ccccc5c4-c4ccccn4)cc3)nc3ccccc32)cc1. The van der Waals surface area contributed by atoms with Crippen molar-refractivity contribution >= 4 is 32.6 Å². The van der Waals surface area contributed by atoms with Gasteiger partial charge in [-0.3, -0.25) is 14.5 Å². The Morgan fingerprint density at radius 2 is 0.943 bits per heavy atom. The number of fused-ring (bicyclic) bond motifs is 5. The molecule has 0 radical (unpaired) electrons. The van der Waals surface area contributed by atoms with Gasteiger partial charge in [-0.25, -0.2) is 4.98 Å². The zero-order chi connectivity index (χ0) is 34.9. The normalized spacial score (nSPS) is 11.8. The molecule has 4 heteroatoms. The summed E-state index contributed by atoms with van der Waals surface area (Å²) < 4.78 is 2.25. The maximum Gasteiger partial charge on any atom is 0.145 e. The highest BCUT2D eigenvalue weighted by molar-refractivity contribution is 6.28. The Hall–Kier alpha value is -7.17. The van der Waals surface area contributed by atoms with E-state index >= 15 is 0 Å². The summed E-state index contributed by atoms with van der Waals surface area (Å²) in [6, 6.07) is 60.2. The van der Waals surface area contributed by atoms with Crippen molar-refractivity contribution in [2.45, 2.75) is 0 Å². The lowest BCUT2D eigenvalue weighted by molar-refractivity contribution is 1.10. The van der Waals surface area contributed by atoms with E-state index in [1.54, 1.807) is 0 Å². The molecule has 0 spiro atoms. The molecule has 246 valence electrons. The first-order valence-corrected chi connectivity index (χ1v) is 18.0. The molecule has 0 atom stereocenters. The van der Waals surface area contributed by atoms with Crippen LogP contribution in [0, 0.1) is 0 Å². The minimum atomic E-state index is 0.927. The first kappa shape index (κ1) is 29.5. The Balaban J connectivity index is 1.13. The van der Waals surface area contributed by atoms with Crippen LogP contribution in [0.15, 0.2) is 182 Å². The van der Waals surface area contributed by atoms with Gasteiger partial charge in [0.1, 0.15) is 5.82 Å². The molecule has 1 aliphatic carbocycles. The maximum absolute atomic E-state index is 5.11. The number of benzene rings is 7. The molecule has 10 aromatic rings. The Morgan fingerprint density at radius 1 is 0.377 bits per heavy atom. The van der Waals surface area contributed by atoms with Crippen LogP contribution in [-0.4, -0.2) is 19.5 Å². The summed E-state index contributed by atoms with van der Waals surface area (Å²) in [6.07, 6.45) is 3.78. The molecule has 1 aliphatic rings. The summed E-state index contributed by atoms with van der Waals surface area (Å²) in [5.74, 6) is 0.927. The third-order valence-corrected chi connectivity index (χ3v) is 10.7. The van der Waals surface area contributed by atoms with Crippen LogP contribution in [0.25, 0.3) is 106 Å². The summed E-state index contributed by atoms with van der Waals surface area (Å²) in [7, 11) is 0. The van der Waals surface area contributed by atoms with E-state index in [4.69, 9.17) is 15.0 Å². The summed E-state index contributed by atoms with van der Waals surface area (Å²) in [5.41, 5.74) is 15.7. The third kappa shape index (κ3) is 4.46. The molecule has 7 aromatic carbocycles. The Bertz CT molecular complexity index is 2930. The zero-order valence-electron chi connectivity index (χ0n) is 28.6. The zero-order valence-corrected chi connectivity index (χ0v) is 28.6. The molecule has 0 saturated heterocycles. The molecule has 4 nitrogen and oxygen atoms in total. The number of nitrogens with zero attached hydrogens (tertiary/aromatic N) is 4. The van der Waals surface area contributed by atoms with Crippen LogP contribution in [0.2, 0.25) is 0 Å². The van der Waals surface area contributed by atoms with Crippen LogP contribution in [-0.2, 0) is 0 Å². The molecule has 11 rings (SSSR count). The molecule has 0 saturated carbocycles. The summed E-state index contributed by atoms with van der Waals surface area (Å²) in [5, 5.41) is 4.84. The van der Waals surface area contributed by atoms with Crippen molar-refractivity contribution in [1.29, 1.82) is 0 Å². The number of rotatable bonds is 5. The standard InChI is InChI=1S/C49H30N4/c1-2-13-33(14-3-1)53-43-22-7-6-19-40(43)52-49(53)32-25-23-31(24-26-32)34-27-28-39-44-35(34)17-12-18-38(44)47-45(41-20-8-10-29-50-41)36-15-4-5-16-37(36)46(48(39)47)42-21-9-11-30-51-42/h1-30H. The fraction of sp³-hybridized carbons (Fsp3) is 0. The number of para-hydroxylation sites is 3. The molecule has 0 bridgehead atoms. The Morgan fingerprint density at radius 3 is 1.62 bits per heavy atom. The highest BCUT2D eigenvalue weighted by Gasteiger charge is 2.31. The van der Waals surface area contributed by atoms with Gasteiger partial charge in [-0.05, 0) is 92.3 Å². The average Bonchev–Trinajstić information content (AvgIpc) is 3.78. The van der Waals surface area contributed by atoms with Gasteiger partial charge in [-0.15, -0.1) is 0 Å². The number of hydrogen-bond donors (Lipinski definition) is 0.